The largest absolute Gasteiger partial charge is 0.481 e. The van der Waals surface area contributed by atoms with Crippen LogP contribution in [-0.2, 0) is 4.79 Å². The molecule has 0 aromatic rings. The monoisotopic (exact) mass is 210 g/mol. The summed E-state index contributed by atoms with van der Waals surface area (Å²) in [6, 6.07) is 0. The van der Waals surface area contributed by atoms with E-state index in [0.717, 1.165) is 0 Å². The van der Waals surface area contributed by atoms with Crippen LogP contribution >= 0.6 is 15.9 Å². The maximum Gasteiger partial charge on any atom is 0.303 e. The zero-order valence-corrected chi connectivity index (χ0v) is 7.17. The number of carboxylic acids is 1. The molecule has 0 heterocycles. The van der Waals surface area contributed by atoms with Crippen LogP contribution in [0.1, 0.15) is 12.8 Å². The second-order valence-corrected chi connectivity index (χ2v) is 2.78. The molecule has 0 spiro atoms. The summed E-state index contributed by atoms with van der Waals surface area (Å²) >= 11 is 3.17. The molecule has 0 aliphatic rings. The van der Waals surface area contributed by atoms with E-state index >= 15 is 0 Å². The highest BCUT2D eigenvalue weighted by Gasteiger charge is 2.10. The molecule has 0 fully saturated rings. The summed E-state index contributed by atoms with van der Waals surface area (Å²) in [5.41, 5.74) is 0. The molecule has 0 radical (unpaired) electrons. The van der Waals surface area contributed by atoms with Crippen molar-refractivity contribution in [2.75, 3.05) is 11.9 Å². The molecular weight excluding hydrogens is 200 g/mol. The fourth-order valence-electron chi connectivity index (χ4n) is 0.663. The molecule has 0 aromatic carbocycles. The van der Waals surface area contributed by atoms with Crippen molar-refractivity contribution >= 4 is 21.9 Å². The molecule has 0 aliphatic heterocycles. The Morgan fingerprint density at radius 3 is 2.50 bits per heavy atom. The van der Waals surface area contributed by atoms with Crippen molar-refractivity contribution in [3.05, 3.63) is 0 Å². The second kappa shape index (κ2) is 5.68. The van der Waals surface area contributed by atoms with E-state index in [-0.39, 0.29) is 18.9 Å². The van der Waals surface area contributed by atoms with Crippen LogP contribution in [0, 0.1) is 5.92 Å². The van der Waals surface area contributed by atoms with Crippen LogP contribution in [0.25, 0.3) is 0 Å². The van der Waals surface area contributed by atoms with Gasteiger partial charge in [-0.15, -0.1) is 0 Å². The van der Waals surface area contributed by atoms with Crippen molar-refractivity contribution in [3.63, 3.8) is 0 Å². The first-order valence-corrected chi connectivity index (χ1v) is 4.21. The Hall–Kier alpha value is -0.0900. The van der Waals surface area contributed by atoms with Gasteiger partial charge in [-0.05, 0) is 12.3 Å². The number of aliphatic hydroxyl groups is 1. The van der Waals surface area contributed by atoms with Gasteiger partial charge in [0.25, 0.3) is 0 Å². The van der Waals surface area contributed by atoms with Gasteiger partial charge in [0.15, 0.2) is 0 Å². The van der Waals surface area contributed by atoms with Gasteiger partial charge in [-0.25, -0.2) is 0 Å². The predicted octanol–water partition coefficient (Wildman–Crippen LogP) is 0.855. The molecule has 0 aromatic heterocycles. The molecule has 10 heavy (non-hydrogen) atoms. The molecule has 3 nitrogen and oxygen atoms in total. The number of aliphatic hydroxyl groups excluding tert-OH is 1. The number of hydrogen-bond donors (Lipinski definition) is 2. The van der Waals surface area contributed by atoms with Gasteiger partial charge in [-0.1, -0.05) is 15.9 Å². The van der Waals surface area contributed by atoms with Crippen molar-refractivity contribution in [2.45, 2.75) is 12.8 Å². The minimum atomic E-state index is -0.807. The molecule has 1 unspecified atom stereocenters. The lowest BCUT2D eigenvalue weighted by Gasteiger charge is -2.07. The number of carboxylic acid groups (broad SMARTS) is 1. The summed E-state index contributed by atoms with van der Waals surface area (Å²) in [6.07, 6.45) is 0.684. The van der Waals surface area contributed by atoms with E-state index in [0.29, 0.717) is 11.8 Å². The number of rotatable bonds is 5. The van der Waals surface area contributed by atoms with E-state index in [1.807, 2.05) is 0 Å². The van der Waals surface area contributed by atoms with E-state index in [1.54, 1.807) is 0 Å². The fourth-order valence-corrected chi connectivity index (χ4v) is 1.22. The van der Waals surface area contributed by atoms with Gasteiger partial charge < -0.3 is 10.2 Å². The average Bonchev–Trinajstić information content (AvgIpc) is 1.86. The molecule has 0 rings (SSSR count). The van der Waals surface area contributed by atoms with Gasteiger partial charge in [-0.3, -0.25) is 4.79 Å². The Labute approximate surface area is 68.2 Å². The SMILES string of the molecule is O=C(O)CC(CBr)CCO. The molecule has 4 heteroatoms. The van der Waals surface area contributed by atoms with Crippen molar-refractivity contribution in [1.29, 1.82) is 0 Å². The van der Waals surface area contributed by atoms with Gasteiger partial charge in [0.2, 0.25) is 0 Å². The first-order chi connectivity index (χ1) is 4.70. The van der Waals surface area contributed by atoms with Crippen LogP contribution in [0.3, 0.4) is 0 Å². The van der Waals surface area contributed by atoms with E-state index < -0.39 is 5.97 Å². The maximum absolute atomic E-state index is 10.1. The molecule has 60 valence electrons. The van der Waals surface area contributed by atoms with Crippen LogP contribution in [-0.4, -0.2) is 28.1 Å². The average molecular weight is 211 g/mol. The molecule has 1 atom stereocenters. The maximum atomic E-state index is 10.1. The van der Waals surface area contributed by atoms with Crippen molar-refractivity contribution in [1.82, 2.24) is 0 Å². The van der Waals surface area contributed by atoms with Gasteiger partial charge in [-0.2, -0.15) is 0 Å². The van der Waals surface area contributed by atoms with Crippen molar-refractivity contribution in [2.24, 2.45) is 5.92 Å². The predicted molar refractivity (Wildman–Crippen MR) is 41.2 cm³/mol. The lowest BCUT2D eigenvalue weighted by Crippen LogP contribution is -2.10. The number of alkyl halides is 1. The Balaban J connectivity index is 3.49. The third kappa shape index (κ3) is 4.76. The third-order valence-electron chi connectivity index (χ3n) is 1.22. The summed E-state index contributed by atoms with van der Waals surface area (Å²) < 4.78 is 0. The third-order valence-corrected chi connectivity index (χ3v) is 2.13. The standard InChI is InChI=1S/C6H11BrO3/c7-4-5(1-2-8)3-6(9)10/h5,8H,1-4H2,(H,9,10). The van der Waals surface area contributed by atoms with Crippen LogP contribution in [0.15, 0.2) is 0 Å². The normalized spacial score (nSPS) is 13.0. The summed E-state index contributed by atoms with van der Waals surface area (Å²) in [4.78, 5) is 10.1. The quantitative estimate of drug-likeness (QED) is 0.663. The molecule has 0 saturated carbocycles. The zero-order valence-electron chi connectivity index (χ0n) is 5.59. The smallest absolute Gasteiger partial charge is 0.303 e. The highest BCUT2D eigenvalue weighted by molar-refractivity contribution is 9.09. The lowest BCUT2D eigenvalue weighted by molar-refractivity contribution is -0.138. The topological polar surface area (TPSA) is 57.5 Å². The molecule has 0 amide bonds. The van der Waals surface area contributed by atoms with Crippen LogP contribution < -0.4 is 0 Å². The summed E-state index contributed by atoms with van der Waals surface area (Å²) in [6.45, 7) is 0.0591. The van der Waals surface area contributed by atoms with Crippen molar-refractivity contribution < 1.29 is 15.0 Å². The Morgan fingerprint density at radius 2 is 2.20 bits per heavy atom. The van der Waals surface area contributed by atoms with E-state index in [9.17, 15) is 4.79 Å². The van der Waals surface area contributed by atoms with Crippen LogP contribution in [0.4, 0.5) is 0 Å². The molecule has 0 aliphatic carbocycles. The summed E-state index contributed by atoms with van der Waals surface area (Å²) in [5, 5.41) is 17.4. The summed E-state index contributed by atoms with van der Waals surface area (Å²) in [5.74, 6) is -0.750. The molecule has 0 bridgehead atoms. The van der Waals surface area contributed by atoms with E-state index in [1.165, 1.54) is 0 Å². The Bertz CT molecular complexity index is 105. The number of halogens is 1. The van der Waals surface area contributed by atoms with E-state index in [2.05, 4.69) is 15.9 Å². The zero-order chi connectivity index (χ0) is 7.98. The Kier molecular flexibility index (Phi) is 5.63. The highest BCUT2D eigenvalue weighted by atomic mass is 79.9. The van der Waals surface area contributed by atoms with Gasteiger partial charge >= 0.3 is 5.97 Å². The highest BCUT2D eigenvalue weighted by Crippen LogP contribution is 2.10. The van der Waals surface area contributed by atoms with Crippen molar-refractivity contribution in [3.8, 4) is 0 Å². The minimum absolute atomic E-state index is 0.0579. The van der Waals surface area contributed by atoms with E-state index in [4.69, 9.17) is 10.2 Å². The van der Waals surface area contributed by atoms with Crippen LogP contribution in [0.2, 0.25) is 0 Å². The first-order valence-electron chi connectivity index (χ1n) is 3.09. The van der Waals surface area contributed by atoms with Gasteiger partial charge in [0.05, 0.1) is 0 Å². The van der Waals surface area contributed by atoms with Gasteiger partial charge in [0.1, 0.15) is 0 Å². The van der Waals surface area contributed by atoms with Crippen LogP contribution in [0.5, 0.6) is 0 Å². The summed E-state index contributed by atoms with van der Waals surface area (Å²) in [7, 11) is 0. The molecular formula is C6H11BrO3. The number of hydrogen-bond acceptors (Lipinski definition) is 2. The van der Waals surface area contributed by atoms with Gasteiger partial charge in [0, 0.05) is 18.4 Å². The molecule has 0 saturated heterocycles. The minimum Gasteiger partial charge on any atom is -0.481 e. The first kappa shape index (κ1) is 9.91. The lowest BCUT2D eigenvalue weighted by atomic mass is 10.1. The second-order valence-electron chi connectivity index (χ2n) is 2.13. The number of aliphatic carboxylic acids is 1. The Morgan fingerprint density at radius 1 is 1.60 bits per heavy atom. The molecule has 2 N–H and O–H groups in total. The fraction of sp³-hybridized carbons (Fsp3) is 0.833. The number of carbonyl (C=O) groups is 1.